The van der Waals surface area contributed by atoms with Gasteiger partial charge in [0.05, 0.1) is 26.7 Å². The van der Waals surface area contributed by atoms with Crippen LogP contribution in [0.1, 0.15) is 12.8 Å². The van der Waals surface area contributed by atoms with Crippen LogP contribution in [0.15, 0.2) is 12.7 Å². The number of likely N-dealkylation sites (tertiary alicyclic amines) is 1. The van der Waals surface area contributed by atoms with E-state index in [1.807, 2.05) is 6.08 Å². The van der Waals surface area contributed by atoms with Gasteiger partial charge in [-0.25, -0.2) is 13.6 Å². The topological polar surface area (TPSA) is 60.2 Å². The minimum atomic E-state index is -3.67. The summed E-state index contributed by atoms with van der Waals surface area (Å²) >= 11 is 0. The van der Waals surface area contributed by atoms with Crippen molar-refractivity contribution in [1.82, 2.24) is 0 Å². The van der Waals surface area contributed by atoms with Crippen LogP contribution in [0, 0.1) is 0 Å². The second-order valence-electron chi connectivity index (χ2n) is 4.03. The van der Waals surface area contributed by atoms with Crippen LogP contribution in [-0.4, -0.2) is 52.9 Å². The van der Waals surface area contributed by atoms with Crippen LogP contribution in [-0.2, 0) is 10.9 Å². The smallest absolute Gasteiger partial charge is 0.323 e. The number of quaternary nitrogens is 1. The standard InChI is InChI=1S/C8H16N.2CHF3.H3NO2S/c1-3-6-9(2)7-4-5-8-9;2*2-1(3)4;1-4(2)3/h3H,1,4-8H2,2H3;2*1H;4H,(H2,1,2,3)/q+1;;;. The number of nitrogens with zero attached hydrogens (tertiary/aromatic N) is 1. The van der Waals surface area contributed by atoms with Crippen LogP contribution >= 0.6 is 0 Å². The Hall–Kier alpha value is -0.810. The van der Waals surface area contributed by atoms with Gasteiger partial charge in [-0.3, -0.25) is 0 Å². The van der Waals surface area contributed by atoms with E-state index in [0.717, 1.165) is 6.54 Å². The molecule has 0 radical (unpaired) electrons. The summed E-state index contributed by atoms with van der Waals surface area (Å²) in [7, 11) is -0.306. The van der Waals surface area contributed by atoms with Gasteiger partial charge >= 0.3 is 13.4 Å². The number of nitrogens with two attached hydrogens (primary N) is 1. The lowest BCUT2D eigenvalue weighted by atomic mass is 10.4. The molecule has 1 heterocycles. The lowest BCUT2D eigenvalue weighted by Crippen LogP contribution is -2.40. The number of alkyl halides is 6. The van der Waals surface area contributed by atoms with E-state index in [4.69, 9.17) is 8.42 Å². The van der Waals surface area contributed by atoms with Crippen molar-refractivity contribution in [3.8, 4) is 0 Å². The zero-order chi connectivity index (χ0) is 17.5. The molecule has 0 bridgehead atoms. The SMILES string of the molecule is C=CC[N+]1(C)CCCC1.FC(F)F.FC(F)F.N[SH](=O)=O. The van der Waals surface area contributed by atoms with Gasteiger partial charge in [0.1, 0.15) is 0 Å². The predicted octanol–water partition coefficient (Wildman–Crippen LogP) is 2.24. The van der Waals surface area contributed by atoms with E-state index in [-0.39, 0.29) is 0 Å². The molecule has 1 fully saturated rings. The minimum absolute atomic E-state index is 1.15. The molecular formula is C10H21F6N2O2S+. The van der Waals surface area contributed by atoms with Gasteiger partial charge in [0.2, 0.25) is 0 Å². The van der Waals surface area contributed by atoms with Gasteiger partial charge in [0, 0.05) is 12.8 Å². The fraction of sp³-hybridized carbons (Fsp3) is 0.800. The first-order valence-corrected chi connectivity index (χ1v) is 6.89. The molecule has 21 heavy (non-hydrogen) atoms. The van der Waals surface area contributed by atoms with Crippen LogP contribution in [0.4, 0.5) is 26.3 Å². The summed E-state index contributed by atoms with van der Waals surface area (Å²) in [5.41, 5.74) is 0. The summed E-state index contributed by atoms with van der Waals surface area (Å²) in [6.45, 7) is 0.280. The monoisotopic (exact) mass is 347 g/mol. The lowest BCUT2D eigenvalue weighted by Gasteiger charge is -2.27. The second kappa shape index (κ2) is 15.6. The van der Waals surface area contributed by atoms with Crippen LogP contribution in [0.3, 0.4) is 0 Å². The minimum Gasteiger partial charge on any atom is -0.323 e. The normalized spacial score (nSPS) is 15.4. The quantitative estimate of drug-likeness (QED) is 0.348. The summed E-state index contributed by atoms with van der Waals surface area (Å²) in [5, 5.41) is 4.06. The number of rotatable bonds is 2. The summed E-state index contributed by atoms with van der Waals surface area (Å²) in [4.78, 5) is 0. The Kier molecular flexibility index (Phi) is 18.7. The van der Waals surface area contributed by atoms with Gasteiger partial charge in [-0.1, -0.05) is 6.58 Å². The highest BCUT2D eigenvalue weighted by Gasteiger charge is 2.24. The van der Waals surface area contributed by atoms with Gasteiger partial charge in [-0.2, -0.15) is 26.3 Å². The molecule has 0 aliphatic carbocycles. The first-order valence-electron chi connectivity index (χ1n) is 5.65. The molecule has 1 aliphatic heterocycles. The van der Waals surface area contributed by atoms with Crippen molar-refractivity contribution in [3.63, 3.8) is 0 Å². The fourth-order valence-corrected chi connectivity index (χ4v) is 1.59. The largest absolute Gasteiger partial charge is 0.379 e. The van der Waals surface area contributed by atoms with Gasteiger partial charge in [-0.15, -0.1) is 0 Å². The molecule has 1 aliphatic rings. The molecule has 0 saturated carbocycles. The Morgan fingerprint density at radius 3 is 1.52 bits per heavy atom. The summed E-state index contributed by atoms with van der Waals surface area (Å²) in [6, 6.07) is 0. The third-order valence-electron chi connectivity index (χ3n) is 2.22. The van der Waals surface area contributed by atoms with E-state index in [9.17, 15) is 26.3 Å². The van der Waals surface area contributed by atoms with Crippen molar-refractivity contribution in [2.75, 3.05) is 26.7 Å². The average Bonchev–Trinajstić information content (AvgIpc) is 2.62. The molecule has 0 atom stereocenters. The molecule has 1 rings (SSSR count). The van der Waals surface area contributed by atoms with Crippen LogP contribution in [0.2, 0.25) is 0 Å². The van der Waals surface area contributed by atoms with Crippen LogP contribution in [0.5, 0.6) is 0 Å². The maximum Gasteiger partial charge on any atom is 0.379 e. The first kappa shape index (κ1) is 25.2. The summed E-state index contributed by atoms with van der Waals surface area (Å²) in [6.07, 6.45) is 4.85. The molecule has 0 aromatic carbocycles. The van der Waals surface area contributed by atoms with Crippen molar-refractivity contribution < 1.29 is 39.2 Å². The molecule has 0 aromatic rings. The van der Waals surface area contributed by atoms with E-state index in [1.54, 1.807) is 0 Å². The van der Waals surface area contributed by atoms with E-state index in [2.05, 4.69) is 18.8 Å². The third kappa shape index (κ3) is 38.2. The molecule has 0 unspecified atom stereocenters. The zero-order valence-electron chi connectivity index (χ0n) is 11.5. The number of likely N-dealkylation sites (N-methyl/N-ethyl adjacent to an activating group) is 1. The number of hydrogen-bond donors (Lipinski definition) is 2. The molecule has 1 saturated heterocycles. The Labute approximate surface area is 121 Å². The van der Waals surface area contributed by atoms with Gasteiger partial charge < -0.3 is 4.48 Å². The molecule has 4 nitrogen and oxygen atoms in total. The van der Waals surface area contributed by atoms with E-state index < -0.39 is 24.2 Å². The molecule has 0 spiro atoms. The van der Waals surface area contributed by atoms with E-state index in [0.29, 0.717) is 0 Å². The van der Waals surface area contributed by atoms with Gasteiger partial charge in [-0.05, 0) is 6.08 Å². The third-order valence-corrected chi connectivity index (χ3v) is 2.22. The van der Waals surface area contributed by atoms with Crippen LogP contribution < -0.4 is 5.14 Å². The molecule has 0 aromatic heterocycles. The molecule has 11 heteroatoms. The highest BCUT2D eigenvalue weighted by molar-refractivity contribution is 7.69. The van der Waals surface area contributed by atoms with E-state index >= 15 is 0 Å². The Bertz CT molecular complexity index is 290. The number of halogens is 6. The Balaban J connectivity index is -0.000000230. The van der Waals surface area contributed by atoms with Crippen molar-refractivity contribution >= 4 is 10.9 Å². The van der Waals surface area contributed by atoms with Crippen molar-refractivity contribution in [2.24, 2.45) is 5.14 Å². The molecular weight excluding hydrogens is 326 g/mol. The second-order valence-corrected chi connectivity index (χ2v) is 4.60. The van der Waals surface area contributed by atoms with Gasteiger partial charge in [0.25, 0.3) is 0 Å². The molecule has 2 N–H and O–H groups in total. The van der Waals surface area contributed by atoms with Crippen molar-refractivity contribution in [3.05, 3.63) is 12.7 Å². The maximum absolute atomic E-state index is 9.67. The highest BCUT2D eigenvalue weighted by atomic mass is 32.2. The zero-order valence-corrected chi connectivity index (χ0v) is 12.4. The maximum atomic E-state index is 9.67. The number of thiol groups is 1. The van der Waals surface area contributed by atoms with Crippen LogP contribution in [0.25, 0.3) is 0 Å². The number of hydrogen-bond acceptors (Lipinski definition) is 2. The van der Waals surface area contributed by atoms with Crippen molar-refractivity contribution in [2.45, 2.75) is 26.2 Å². The average molecular weight is 347 g/mol. The lowest BCUT2D eigenvalue weighted by molar-refractivity contribution is -0.891. The Morgan fingerprint density at radius 1 is 1.10 bits per heavy atom. The van der Waals surface area contributed by atoms with Crippen molar-refractivity contribution in [1.29, 1.82) is 0 Å². The molecule has 0 amide bonds. The van der Waals surface area contributed by atoms with E-state index in [1.165, 1.54) is 30.4 Å². The van der Waals surface area contributed by atoms with Gasteiger partial charge in [0.15, 0.2) is 10.9 Å². The highest BCUT2D eigenvalue weighted by Crippen LogP contribution is 2.15. The Morgan fingerprint density at radius 2 is 1.33 bits per heavy atom. The summed E-state index contributed by atoms with van der Waals surface area (Å²) < 4.78 is 76.9. The summed E-state index contributed by atoms with van der Waals surface area (Å²) in [5.74, 6) is 0. The molecule has 130 valence electrons. The first-order chi connectivity index (χ1) is 9.46. The predicted molar refractivity (Wildman–Crippen MR) is 68.9 cm³/mol. The fourth-order valence-electron chi connectivity index (χ4n) is 1.59.